The maximum Gasteiger partial charge on any atom is 0.251 e. The number of nitrogens with zero attached hydrogens (tertiary/aromatic N) is 2. The van der Waals surface area contributed by atoms with Gasteiger partial charge in [-0.1, -0.05) is 0 Å². The number of hydrogen-bond acceptors (Lipinski definition) is 6. The highest BCUT2D eigenvalue weighted by Gasteiger charge is 2.43. The number of amides is 3. The zero-order valence-electron chi connectivity index (χ0n) is 17.8. The maximum absolute atomic E-state index is 12.6. The molecule has 3 saturated heterocycles. The number of carbonyl (C=O) groups excluding carboxylic acids is 3. The molecule has 0 bridgehead atoms. The molecule has 3 aliphatic rings. The minimum Gasteiger partial charge on any atom is -0.497 e. The molecule has 4 rings (SSSR count). The van der Waals surface area contributed by atoms with Crippen molar-refractivity contribution in [2.75, 3.05) is 46.5 Å². The fraction of sp³-hybridized carbons (Fsp3) is 0.591. The Kier molecular flexibility index (Phi) is 6.72. The molecule has 3 unspecified atom stereocenters. The van der Waals surface area contributed by atoms with Crippen LogP contribution in [0.4, 0.5) is 0 Å². The molecule has 31 heavy (non-hydrogen) atoms. The predicted octanol–water partition coefficient (Wildman–Crippen LogP) is 0.00530. The van der Waals surface area contributed by atoms with Gasteiger partial charge in [-0.3, -0.25) is 19.3 Å². The van der Waals surface area contributed by atoms with E-state index in [4.69, 9.17) is 9.47 Å². The van der Waals surface area contributed by atoms with E-state index in [1.165, 1.54) is 0 Å². The van der Waals surface area contributed by atoms with Gasteiger partial charge in [0.25, 0.3) is 5.91 Å². The third-order valence-corrected chi connectivity index (χ3v) is 6.37. The largest absolute Gasteiger partial charge is 0.497 e. The summed E-state index contributed by atoms with van der Waals surface area (Å²) in [6.45, 7) is 3.61. The first kappa shape index (κ1) is 21.6. The zero-order valence-corrected chi connectivity index (χ0v) is 17.8. The second-order valence-electron chi connectivity index (χ2n) is 8.28. The van der Waals surface area contributed by atoms with Crippen LogP contribution >= 0.6 is 0 Å². The molecule has 3 heterocycles. The Morgan fingerprint density at radius 1 is 1.23 bits per heavy atom. The van der Waals surface area contributed by atoms with Gasteiger partial charge in [-0.2, -0.15) is 0 Å². The molecule has 0 aliphatic carbocycles. The molecule has 1 aromatic rings. The van der Waals surface area contributed by atoms with Gasteiger partial charge in [-0.05, 0) is 37.1 Å². The summed E-state index contributed by atoms with van der Waals surface area (Å²) < 4.78 is 10.4. The molecule has 3 atom stereocenters. The molecule has 0 aromatic heterocycles. The Morgan fingerprint density at radius 2 is 1.97 bits per heavy atom. The van der Waals surface area contributed by atoms with Crippen molar-refractivity contribution in [1.82, 2.24) is 20.4 Å². The van der Waals surface area contributed by atoms with Crippen LogP contribution in [0.1, 0.15) is 29.6 Å². The molecular formula is C22H30N4O5. The zero-order chi connectivity index (χ0) is 21.8. The lowest BCUT2D eigenvalue weighted by Crippen LogP contribution is -2.58. The molecule has 0 spiro atoms. The summed E-state index contributed by atoms with van der Waals surface area (Å²) in [6.07, 6.45) is 1.71. The van der Waals surface area contributed by atoms with Crippen LogP contribution in [-0.4, -0.2) is 92.1 Å². The highest BCUT2D eigenvalue weighted by atomic mass is 16.5. The molecule has 3 amide bonds. The number of hydrogen-bond donors (Lipinski definition) is 2. The summed E-state index contributed by atoms with van der Waals surface area (Å²) in [5.41, 5.74) is 0.558. The summed E-state index contributed by atoms with van der Waals surface area (Å²) in [5, 5.41) is 6.03. The van der Waals surface area contributed by atoms with Crippen LogP contribution in [0.3, 0.4) is 0 Å². The van der Waals surface area contributed by atoms with Gasteiger partial charge < -0.3 is 25.0 Å². The van der Waals surface area contributed by atoms with E-state index in [9.17, 15) is 14.4 Å². The van der Waals surface area contributed by atoms with Crippen molar-refractivity contribution < 1.29 is 23.9 Å². The molecule has 0 radical (unpaired) electrons. The first-order chi connectivity index (χ1) is 15.0. The number of ether oxygens (including phenoxy) is 2. The second kappa shape index (κ2) is 9.65. The van der Waals surface area contributed by atoms with E-state index in [1.54, 1.807) is 31.4 Å². The molecule has 1 aromatic carbocycles. The van der Waals surface area contributed by atoms with Crippen molar-refractivity contribution in [2.24, 2.45) is 0 Å². The topological polar surface area (TPSA) is 100 Å². The highest BCUT2D eigenvalue weighted by Crippen LogP contribution is 2.26. The number of piperazine rings is 1. The number of carbonyl (C=O) groups is 3. The van der Waals surface area contributed by atoms with Crippen LogP contribution in [0.5, 0.6) is 5.75 Å². The van der Waals surface area contributed by atoms with E-state index in [0.29, 0.717) is 70.0 Å². The number of fused-ring (bicyclic) bond motifs is 1. The van der Waals surface area contributed by atoms with Gasteiger partial charge >= 0.3 is 0 Å². The normalized spacial score (nSPS) is 26.2. The van der Waals surface area contributed by atoms with Gasteiger partial charge in [-0.15, -0.1) is 0 Å². The Labute approximate surface area is 182 Å². The third kappa shape index (κ3) is 4.99. The Bertz CT molecular complexity index is 809. The molecule has 3 aliphatic heterocycles. The summed E-state index contributed by atoms with van der Waals surface area (Å²) >= 11 is 0. The predicted molar refractivity (Wildman–Crippen MR) is 113 cm³/mol. The van der Waals surface area contributed by atoms with Gasteiger partial charge in [0.05, 0.1) is 26.4 Å². The van der Waals surface area contributed by atoms with Crippen LogP contribution in [0, 0.1) is 0 Å². The lowest BCUT2D eigenvalue weighted by Gasteiger charge is -2.37. The average molecular weight is 431 g/mol. The van der Waals surface area contributed by atoms with Crippen molar-refractivity contribution in [3.8, 4) is 5.75 Å². The minimum atomic E-state index is -0.265. The molecule has 9 nitrogen and oxygen atoms in total. The van der Waals surface area contributed by atoms with Crippen LogP contribution in [0.2, 0.25) is 0 Å². The van der Waals surface area contributed by atoms with Crippen molar-refractivity contribution in [3.05, 3.63) is 29.8 Å². The molecule has 3 fully saturated rings. The lowest BCUT2D eigenvalue weighted by molar-refractivity contribution is -0.136. The van der Waals surface area contributed by atoms with Crippen molar-refractivity contribution >= 4 is 17.7 Å². The second-order valence-corrected chi connectivity index (χ2v) is 8.28. The van der Waals surface area contributed by atoms with Crippen molar-refractivity contribution in [1.29, 1.82) is 0 Å². The van der Waals surface area contributed by atoms with Crippen LogP contribution in [0.25, 0.3) is 0 Å². The summed E-state index contributed by atoms with van der Waals surface area (Å²) in [6, 6.07) is 6.67. The molecule has 0 saturated carbocycles. The summed E-state index contributed by atoms with van der Waals surface area (Å²) in [5.74, 6) is 0.671. The highest BCUT2D eigenvalue weighted by molar-refractivity contribution is 5.94. The SMILES string of the molecule is COc1ccc(C(=O)NC2CC3C(=O)NCC(CCC(=O)N4CCOCC4)N3C2)cc1. The number of benzene rings is 1. The molecule has 168 valence electrons. The Hall–Kier alpha value is -2.65. The van der Waals surface area contributed by atoms with Crippen LogP contribution in [0.15, 0.2) is 24.3 Å². The standard InChI is InChI=1S/C22H30N4O5/c1-30-18-5-2-15(3-6-18)21(28)24-16-12-19-22(29)23-13-17(26(19)14-16)4-7-20(27)25-8-10-31-11-9-25/h2-3,5-6,16-17,19H,4,7-14H2,1H3,(H,23,29)(H,24,28). The minimum absolute atomic E-state index is 0.00282. The van der Waals surface area contributed by atoms with E-state index < -0.39 is 0 Å². The van der Waals surface area contributed by atoms with E-state index in [1.807, 2.05) is 4.90 Å². The monoisotopic (exact) mass is 430 g/mol. The Balaban J connectivity index is 1.33. The van der Waals surface area contributed by atoms with Gasteiger partial charge in [0.2, 0.25) is 11.8 Å². The molecule has 2 N–H and O–H groups in total. The average Bonchev–Trinajstić information content (AvgIpc) is 3.23. The maximum atomic E-state index is 12.6. The number of methoxy groups -OCH3 is 1. The Morgan fingerprint density at radius 3 is 2.68 bits per heavy atom. The van der Waals surface area contributed by atoms with Gasteiger partial charge in [0.15, 0.2) is 0 Å². The quantitative estimate of drug-likeness (QED) is 0.659. The number of nitrogens with one attached hydrogen (secondary N) is 2. The summed E-state index contributed by atoms with van der Waals surface area (Å²) in [7, 11) is 1.58. The summed E-state index contributed by atoms with van der Waals surface area (Å²) in [4.78, 5) is 41.6. The van der Waals surface area contributed by atoms with Gasteiger partial charge in [0, 0.05) is 50.2 Å². The van der Waals surface area contributed by atoms with E-state index in [-0.39, 0.29) is 35.8 Å². The fourth-order valence-electron chi connectivity index (χ4n) is 4.62. The third-order valence-electron chi connectivity index (χ3n) is 6.37. The van der Waals surface area contributed by atoms with E-state index >= 15 is 0 Å². The molecular weight excluding hydrogens is 400 g/mol. The van der Waals surface area contributed by atoms with E-state index in [2.05, 4.69) is 15.5 Å². The number of rotatable bonds is 6. The van der Waals surface area contributed by atoms with Gasteiger partial charge in [0.1, 0.15) is 5.75 Å². The van der Waals surface area contributed by atoms with Crippen molar-refractivity contribution in [3.63, 3.8) is 0 Å². The number of morpholine rings is 1. The first-order valence-corrected chi connectivity index (χ1v) is 10.9. The van der Waals surface area contributed by atoms with Crippen LogP contribution in [-0.2, 0) is 14.3 Å². The van der Waals surface area contributed by atoms with E-state index in [0.717, 1.165) is 0 Å². The lowest BCUT2D eigenvalue weighted by atomic mass is 10.0. The van der Waals surface area contributed by atoms with Gasteiger partial charge in [-0.25, -0.2) is 0 Å². The van der Waals surface area contributed by atoms with Crippen molar-refractivity contribution in [2.45, 2.75) is 37.4 Å². The fourth-order valence-corrected chi connectivity index (χ4v) is 4.62. The smallest absolute Gasteiger partial charge is 0.251 e. The van der Waals surface area contributed by atoms with Crippen LogP contribution < -0.4 is 15.4 Å². The molecule has 9 heteroatoms. The first-order valence-electron chi connectivity index (χ1n) is 10.9.